The van der Waals surface area contributed by atoms with Crippen LogP contribution in [0.15, 0.2) is 66.9 Å². The van der Waals surface area contributed by atoms with E-state index in [9.17, 15) is 4.79 Å². The summed E-state index contributed by atoms with van der Waals surface area (Å²) < 4.78 is 16.9. The van der Waals surface area contributed by atoms with Gasteiger partial charge in [0, 0.05) is 18.8 Å². The van der Waals surface area contributed by atoms with Crippen LogP contribution >= 0.6 is 0 Å². The standard InChI is InChI=1S/C23H24N2O4/c1-3-27-19-10-6-5-9-18(19)23(26)25-16-17-13-14-22(24-15-17)29-21-12-8-7-11-20(21)28-4-2/h5-15H,3-4,16H2,1-2H3,(H,25,26). The Kier molecular flexibility index (Phi) is 7.05. The number of hydrogen-bond donors (Lipinski definition) is 1. The van der Waals surface area contributed by atoms with Crippen molar-refractivity contribution < 1.29 is 19.0 Å². The molecule has 3 rings (SSSR count). The van der Waals surface area contributed by atoms with E-state index in [1.807, 2.05) is 56.3 Å². The van der Waals surface area contributed by atoms with Crippen LogP contribution in [0.1, 0.15) is 29.8 Å². The highest BCUT2D eigenvalue weighted by Gasteiger charge is 2.12. The number of amides is 1. The fraction of sp³-hybridized carbons (Fsp3) is 0.217. The topological polar surface area (TPSA) is 69.7 Å². The molecule has 0 unspecified atom stereocenters. The van der Waals surface area contributed by atoms with E-state index in [1.165, 1.54) is 0 Å². The Bertz CT molecular complexity index is 942. The summed E-state index contributed by atoms with van der Waals surface area (Å²) in [4.78, 5) is 16.8. The fourth-order valence-electron chi connectivity index (χ4n) is 2.71. The first kappa shape index (κ1) is 20.2. The molecule has 29 heavy (non-hydrogen) atoms. The van der Waals surface area contributed by atoms with E-state index < -0.39 is 0 Å². The van der Waals surface area contributed by atoms with Gasteiger partial charge in [0.05, 0.1) is 18.8 Å². The number of nitrogens with one attached hydrogen (secondary N) is 1. The zero-order valence-electron chi connectivity index (χ0n) is 16.6. The van der Waals surface area contributed by atoms with Crippen LogP contribution in [0.5, 0.6) is 23.1 Å². The first-order chi connectivity index (χ1) is 14.2. The predicted octanol–water partition coefficient (Wildman–Crippen LogP) is 4.60. The molecule has 1 aromatic heterocycles. The molecule has 6 heteroatoms. The van der Waals surface area contributed by atoms with Crippen molar-refractivity contribution in [3.8, 4) is 23.1 Å². The smallest absolute Gasteiger partial charge is 0.255 e. The van der Waals surface area contributed by atoms with Gasteiger partial charge in [-0.1, -0.05) is 30.3 Å². The highest BCUT2D eigenvalue weighted by Crippen LogP contribution is 2.30. The molecule has 6 nitrogen and oxygen atoms in total. The molecule has 0 atom stereocenters. The Morgan fingerprint density at radius 2 is 1.52 bits per heavy atom. The maximum absolute atomic E-state index is 12.5. The first-order valence-corrected chi connectivity index (χ1v) is 9.56. The van der Waals surface area contributed by atoms with E-state index in [0.29, 0.717) is 48.5 Å². The van der Waals surface area contributed by atoms with Crippen molar-refractivity contribution in [2.45, 2.75) is 20.4 Å². The maximum atomic E-state index is 12.5. The second-order valence-electron chi connectivity index (χ2n) is 6.10. The van der Waals surface area contributed by atoms with Crippen LogP contribution in [0.3, 0.4) is 0 Å². The van der Waals surface area contributed by atoms with Crippen LogP contribution in [-0.4, -0.2) is 24.1 Å². The van der Waals surface area contributed by atoms with Crippen LogP contribution in [-0.2, 0) is 6.54 Å². The van der Waals surface area contributed by atoms with Crippen LogP contribution in [0.2, 0.25) is 0 Å². The third kappa shape index (κ3) is 5.48. The maximum Gasteiger partial charge on any atom is 0.255 e. The molecule has 0 radical (unpaired) electrons. The Morgan fingerprint density at radius 3 is 2.21 bits per heavy atom. The Balaban J connectivity index is 1.61. The minimum absolute atomic E-state index is 0.194. The van der Waals surface area contributed by atoms with Gasteiger partial charge in [0.15, 0.2) is 11.5 Å². The molecule has 150 valence electrons. The van der Waals surface area contributed by atoms with Crippen molar-refractivity contribution in [2.24, 2.45) is 0 Å². The molecule has 1 heterocycles. The highest BCUT2D eigenvalue weighted by molar-refractivity contribution is 5.96. The largest absolute Gasteiger partial charge is 0.493 e. The molecule has 0 spiro atoms. The molecule has 2 aromatic carbocycles. The number of hydrogen-bond acceptors (Lipinski definition) is 5. The van der Waals surface area contributed by atoms with Gasteiger partial charge in [-0.2, -0.15) is 0 Å². The van der Waals surface area contributed by atoms with Gasteiger partial charge in [0.1, 0.15) is 5.75 Å². The number of aromatic nitrogens is 1. The second kappa shape index (κ2) is 10.1. The van der Waals surface area contributed by atoms with Gasteiger partial charge >= 0.3 is 0 Å². The lowest BCUT2D eigenvalue weighted by molar-refractivity contribution is 0.0947. The van der Waals surface area contributed by atoms with Crippen LogP contribution in [0.25, 0.3) is 0 Å². The molecule has 0 fully saturated rings. The van der Waals surface area contributed by atoms with Crippen LogP contribution in [0, 0.1) is 0 Å². The fourth-order valence-corrected chi connectivity index (χ4v) is 2.71. The molecule has 0 aliphatic carbocycles. The molecular weight excluding hydrogens is 368 g/mol. The number of nitrogens with zero attached hydrogens (tertiary/aromatic N) is 1. The molecule has 1 N–H and O–H groups in total. The van der Waals surface area contributed by atoms with Crippen molar-refractivity contribution in [3.63, 3.8) is 0 Å². The summed E-state index contributed by atoms with van der Waals surface area (Å²) in [7, 11) is 0. The lowest BCUT2D eigenvalue weighted by atomic mass is 10.2. The summed E-state index contributed by atoms with van der Waals surface area (Å²) in [5.41, 5.74) is 1.37. The quantitative estimate of drug-likeness (QED) is 0.576. The van der Waals surface area contributed by atoms with E-state index in [2.05, 4.69) is 10.3 Å². The lowest BCUT2D eigenvalue weighted by Crippen LogP contribution is -2.23. The molecule has 0 saturated heterocycles. The van der Waals surface area contributed by atoms with Gasteiger partial charge in [-0.15, -0.1) is 0 Å². The third-order valence-corrected chi connectivity index (χ3v) is 4.05. The summed E-state index contributed by atoms with van der Waals surface area (Å²) in [6.45, 7) is 5.21. The number of carbonyl (C=O) groups is 1. The Hall–Kier alpha value is -3.54. The van der Waals surface area contributed by atoms with Gasteiger partial charge in [0.2, 0.25) is 5.88 Å². The summed E-state index contributed by atoms with van der Waals surface area (Å²) in [6.07, 6.45) is 1.67. The Morgan fingerprint density at radius 1 is 0.862 bits per heavy atom. The highest BCUT2D eigenvalue weighted by atomic mass is 16.5. The first-order valence-electron chi connectivity index (χ1n) is 9.56. The van der Waals surface area contributed by atoms with Crippen molar-refractivity contribution in [2.75, 3.05) is 13.2 Å². The average molecular weight is 392 g/mol. The molecule has 0 aliphatic heterocycles. The predicted molar refractivity (Wildman–Crippen MR) is 111 cm³/mol. The van der Waals surface area contributed by atoms with E-state index in [1.54, 1.807) is 24.4 Å². The lowest BCUT2D eigenvalue weighted by Gasteiger charge is -2.12. The average Bonchev–Trinajstić information content (AvgIpc) is 2.75. The summed E-state index contributed by atoms with van der Waals surface area (Å²) in [5, 5.41) is 2.89. The second-order valence-corrected chi connectivity index (χ2v) is 6.10. The molecule has 1 amide bonds. The summed E-state index contributed by atoms with van der Waals surface area (Å²) >= 11 is 0. The van der Waals surface area contributed by atoms with E-state index in [-0.39, 0.29) is 5.91 Å². The molecule has 0 saturated carbocycles. The van der Waals surface area contributed by atoms with E-state index in [4.69, 9.17) is 14.2 Å². The molecular formula is C23H24N2O4. The van der Waals surface area contributed by atoms with Gasteiger partial charge in [-0.25, -0.2) is 4.98 Å². The van der Waals surface area contributed by atoms with E-state index >= 15 is 0 Å². The Labute approximate surface area is 170 Å². The van der Waals surface area contributed by atoms with Gasteiger partial charge in [0.25, 0.3) is 5.91 Å². The summed E-state index contributed by atoms with van der Waals surface area (Å²) in [6, 6.07) is 18.2. The number of pyridine rings is 1. The number of ether oxygens (including phenoxy) is 3. The minimum atomic E-state index is -0.194. The number of benzene rings is 2. The molecule has 3 aromatic rings. The summed E-state index contributed by atoms with van der Waals surface area (Å²) in [5.74, 6) is 2.10. The monoisotopic (exact) mass is 392 g/mol. The normalized spacial score (nSPS) is 10.3. The zero-order valence-corrected chi connectivity index (χ0v) is 16.6. The van der Waals surface area contributed by atoms with E-state index in [0.717, 1.165) is 5.56 Å². The number of carbonyl (C=O) groups excluding carboxylic acids is 1. The minimum Gasteiger partial charge on any atom is -0.493 e. The van der Waals surface area contributed by atoms with Crippen molar-refractivity contribution in [3.05, 3.63) is 78.0 Å². The van der Waals surface area contributed by atoms with Crippen molar-refractivity contribution >= 4 is 5.91 Å². The van der Waals surface area contributed by atoms with Crippen LogP contribution < -0.4 is 19.5 Å². The third-order valence-electron chi connectivity index (χ3n) is 4.05. The van der Waals surface area contributed by atoms with Crippen molar-refractivity contribution in [1.29, 1.82) is 0 Å². The van der Waals surface area contributed by atoms with Gasteiger partial charge in [-0.05, 0) is 43.7 Å². The SMILES string of the molecule is CCOc1ccccc1Oc1ccc(CNC(=O)c2ccccc2OCC)cn1. The number of rotatable bonds is 9. The molecule has 0 aliphatic rings. The van der Waals surface area contributed by atoms with Crippen molar-refractivity contribution in [1.82, 2.24) is 10.3 Å². The van der Waals surface area contributed by atoms with Gasteiger partial charge < -0.3 is 19.5 Å². The molecule has 0 bridgehead atoms. The van der Waals surface area contributed by atoms with Crippen LogP contribution in [0.4, 0.5) is 0 Å². The number of para-hydroxylation sites is 3. The van der Waals surface area contributed by atoms with Gasteiger partial charge in [-0.3, -0.25) is 4.79 Å². The zero-order chi connectivity index (χ0) is 20.5.